The molecule has 0 spiro atoms. The number of nitrogens with zero attached hydrogens (tertiary/aromatic N) is 3. The van der Waals surface area contributed by atoms with Gasteiger partial charge in [-0.2, -0.15) is 26.3 Å². The van der Waals surface area contributed by atoms with Gasteiger partial charge >= 0.3 is 12.4 Å². The molecular formula is C19H22F6N4O3. The molecule has 13 heteroatoms. The smallest absolute Gasteiger partial charge is 0.426 e. The van der Waals surface area contributed by atoms with E-state index in [0.717, 1.165) is 0 Å². The number of halogens is 6. The van der Waals surface area contributed by atoms with Crippen LogP contribution in [0.15, 0.2) is 10.5 Å². The fourth-order valence-electron chi connectivity index (χ4n) is 3.50. The molecule has 3 rings (SSSR count). The number of hydrogen-bond acceptors (Lipinski definition) is 7. The highest BCUT2D eigenvalue weighted by Gasteiger charge is 2.58. The third-order valence-electron chi connectivity index (χ3n) is 5.23. The van der Waals surface area contributed by atoms with Crippen molar-refractivity contribution in [2.45, 2.75) is 75.9 Å². The third kappa shape index (κ3) is 4.76. The lowest BCUT2D eigenvalue weighted by atomic mass is 9.94. The number of alkyl halides is 6. The van der Waals surface area contributed by atoms with Gasteiger partial charge in [0.05, 0.1) is 5.69 Å². The highest BCUT2D eigenvalue weighted by molar-refractivity contribution is 5.68. The quantitative estimate of drug-likeness (QED) is 0.598. The Morgan fingerprint density at radius 2 is 1.88 bits per heavy atom. The number of rotatable bonds is 2. The Balaban J connectivity index is 2.17. The molecule has 178 valence electrons. The Bertz CT molecular complexity index is 946. The van der Waals surface area contributed by atoms with Crippen molar-refractivity contribution in [3.63, 3.8) is 0 Å². The number of hydrogen-bond donors (Lipinski definition) is 2. The van der Waals surface area contributed by atoms with Gasteiger partial charge in [-0.15, -0.1) is 10.2 Å². The molecule has 1 unspecified atom stereocenters. The Hall–Kier alpha value is -2.57. The van der Waals surface area contributed by atoms with Crippen molar-refractivity contribution in [3.05, 3.63) is 17.5 Å². The average Bonchev–Trinajstić information content (AvgIpc) is 3.16. The molecule has 0 aliphatic carbocycles. The molecule has 4 bridgehead atoms. The number of fused-ring (bicyclic) bond motifs is 5. The van der Waals surface area contributed by atoms with Gasteiger partial charge in [-0.3, -0.25) is 0 Å². The number of aromatic nitrogens is 3. The molecule has 0 aromatic carbocycles. The van der Waals surface area contributed by atoms with Gasteiger partial charge in [-0.1, -0.05) is 19.8 Å². The molecule has 3 heterocycles. The molecule has 3 N–H and O–H groups in total. The molecule has 0 fully saturated rings. The predicted octanol–water partition coefficient (Wildman–Crippen LogP) is 4.99. The molecule has 32 heavy (non-hydrogen) atoms. The van der Waals surface area contributed by atoms with Crippen LogP contribution in [0.4, 0.5) is 32.0 Å². The summed E-state index contributed by atoms with van der Waals surface area (Å²) in [6.45, 7) is 1.82. The Morgan fingerprint density at radius 3 is 2.50 bits per heavy atom. The normalized spacial score (nSPS) is 22.8. The van der Waals surface area contributed by atoms with E-state index < -0.39 is 65.1 Å². The summed E-state index contributed by atoms with van der Waals surface area (Å²) in [4.78, 5) is 3.79. The van der Waals surface area contributed by atoms with Crippen LogP contribution in [0.1, 0.15) is 63.3 Å². The number of nitrogens with two attached hydrogens (primary N) is 1. The summed E-state index contributed by atoms with van der Waals surface area (Å²) >= 11 is 0. The predicted molar refractivity (Wildman–Crippen MR) is 99.3 cm³/mol. The topological polar surface area (TPSA) is 107 Å². The lowest BCUT2D eigenvalue weighted by Crippen LogP contribution is -2.42. The molecular weight excluding hydrogens is 446 g/mol. The third-order valence-corrected chi connectivity index (χ3v) is 5.23. The number of nitrogen functional groups attached to an aromatic ring is 1. The zero-order chi connectivity index (χ0) is 23.7. The van der Waals surface area contributed by atoms with E-state index in [-0.39, 0.29) is 12.8 Å². The van der Waals surface area contributed by atoms with Crippen LogP contribution >= 0.6 is 0 Å². The maximum atomic E-state index is 13.6. The van der Waals surface area contributed by atoms with Crippen molar-refractivity contribution < 1.29 is 40.6 Å². The molecule has 2 aromatic rings. The number of pyridine rings is 1. The standard InChI is InChI=1S/C19H22F6N4O3/c1-2-6-10-7-4-3-5-8-17(30,19(23,24)25)16-29-28-15(32-16)13-12(26)9-11(18(20,21)22)14(27-13)31-10/h9-10,30H,2-8,26H2,1H3/t10?,17-/m1/s1. The molecule has 0 saturated carbocycles. The van der Waals surface area contributed by atoms with Crippen LogP contribution in [0, 0.1) is 0 Å². The first-order valence-electron chi connectivity index (χ1n) is 10.0. The maximum absolute atomic E-state index is 13.6. The second kappa shape index (κ2) is 8.75. The molecule has 1 aliphatic rings. The summed E-state index contributed by atoms with van der Waals surface area (Å²) in [5.74, 6) is -2.57. The fraction of sp³-hybridized carbons (Fsp3) is 0.632. The maximum Gasteiger partial charge on any atom is 0.426 e. The summed E-state index contributed by atoms with van der Waals surface area (Å²) < 4.78 is 92.3. The van der Waals surface area contributed by atoms with Gasteiger partial charge in [0.25, 0.3) is 11.8 Å². The summed E-state index contributed by atoms with van der Waals surface area (Å²) in [7, 11) is 0. The molecule has 0 saturated heterocycles. The Morgan fingerprint density at radius 1 is 1.16 bits per heavy atom. The van der Waals surface area contributed by atoms with Gasteiger partial charge in [0.1, 0.15) is 11.7 Å². The van der Waals surface area contributed by atoms with Gasteiger partial charge in [0.15, 0.2) is 5.69 Å². The van der Waals surface area contributed by atoms with Crippen LogP contribution in [0.3, 0.4) is 0 Å². The van der Waals surface area contributed by atoms with Crippen molar-refractivity contribution >= 4 is 5.69 Å². The molecule has 1 aliphatic heterocycles. The van der Waals surface area contributed by atoms with Gasteiger partial charge in [0, 0.05) is 0 Å². The molecule has 2 aromatic heterocycles. The van der Waals surface area contributed by atoms with E-state index in [0.29, 0.717) is 31.7 Å². The summed E-state index contributed by atoms with van der Waals surface area (Å²) in [6, 6.07) is 0.562. The summed E-state index contributed by atoms with van der Waals surface area (Å²) in [5.41, 5.74) is 0.0336. The zero-order valence-corrected chi connectivity index (χ0v) is 17.1. The minimum Gasteiger partial charge on any atom is -0.474 e. The average molecular weight is 468 g/mol. The van der Waals surface area contributed by atoms with Crippen molar-refractivity contribution in [1.82, 2.24) is 15.2 Å². The minimum absolute atomic E-state index is 0.0357. The van der Waals surface area contributed by atoms with E-state index in [2.05, 4.69) is 15.2 Å². The van der Waals surface area contributed by atoms with Gasteiger partial charge < -0.3 is 20.0 Å². The minimum atomic E-state index is -5.12. The van der Waals surface area contributed by atoms with Crippen LogP contribution in [0.2, 0.25) is 0 Å². The second-order valence-corrected chi connectivity index (χ2v) is 7.67. The van der Waals surface area contributed by atoms with Gasteiger partial charge in [-0.25, -0.2) is 4.98 Å². The van der Waals surface area contributed by atoms with Crippen LogP contribution < -0.4 is 10.5 Å². The van der Waals surface area contributed by atoms with Crippen LogP contribution in [-0.2, 0) is 11.8 Å². The molecule has 7 nitrogen and oxygen atoms in total. The number of ether oxygens (including phenoxy) is 1. The van der Waals surface area contributed by atoms with Gasteiger partial charge in [0.2, 0.25) is 11.5 Å². The lowest BCUT2D eigenvalue weighted by Gasteiger charge is -2.27. The van der Waals surface area contributed by atoms with E-state index in [4.69, 9.17) is 14.9 Å². The fourth-order valence-corrected chi connectivity index (χ4v) is 3.50. The summed E-state index contributed by atoms with van der Waals surface area (Å²) in [6.07, 6.45) is -9.40. The van der Waals surface area contributed by atoms with Gasteiger partial charge in [-0.05, 0) is 38.2 Å². The van der Waals surface area contributed by atoms with E-state index in [1.807, 2.05) is 6.92 Å². The second-order valence-electron chi connectivity index (χ2n) is 7.67. The highest BCUT2D eigenvalue weighted by Crippen LogP contribution is 2.44. The van der Waals surface area contributed by atoms with E-state index in [1.54, 1.807) is 0 Å². The van der Waals surface area contributed by atoms with Crippen molar-refractivity contribution in [2.75, 3.05) is 5.73 Å². The van der Waals surface area contributed by atoms with Crippen molar-refractivity contribution in [3.8, 4) is 17.5 Å². The first-order valence-corrected chi connectivity index (χ1v) is 10.0. The highest BCUT2D eigenvalue weighted by atomic mass is 19.4. The van der Waals surface area contributed by atoms with Crippen molar-refractivity contribution in [1.29, 1.82) is 0 Å². The van der Waals surface area contributed by atoms with Crippen LogP contribution in [-0.4, -0.2) is 32.6 Å². The first kappa shape index (κ1) is 24.1. The van der Waals surface area contributed by atoms with E-state index in [9.17, 15) is 31.4 Å². The first-order chi connectivity index (χ1) is 14.9. The van der Waals surface area contributed by atoms with Crippen LogP contribution in [0.25, 0.3) is 11.6 Å². The summed E-state index contributed by atoms with van der Waals surface area (Å²) in [5, 5.41) is 17.1. The lowest BCUT2D eigenvalue weighted by molar-refractivity contribution is -0.277. The Kier molecular flexibility index (Phi) is 6.59. The monoisotopic (exact) mass is 468 g/mol. The molecule has 2 atom stereocenters. The van der Waals surface area contributed by atoms with E-state index in [1.165, 1.54) is 0 Å². The number of anilines is 1. The molecule has 0 radical (unpaired) electrons. The van der Waals surface area contributed by atoms with Crippen LogP contribution in [0.5, 0.6) is 5.88 Å². The molecule has 0 amide bonds. The largest absolute Gasteiger partial charge is 0.474 e. The van der Waals surface area contributed by atoms with E-state index >= 15 is 0 Å². The number of aliphatic hydroxyl groups is 1. The Labute approximate surface area is 179 Å². The van der Waals surface area contributed by atoms with Crippen molar-refractivity contribution in [2.24, 2.45) is 0 Å². The SMILES string of the molecule is CCCC1CCCCC[C@](O)(C(F)(F)F)c2nnc(o2)-c2nc(c(C(F)(F)F)cc2N)O1. The zero-order valence-electron chi connectivity index (χ0n) is 17.1.